The molecule has 0 aromatic heterocycles. The molecule has 2 rings (SSSR count). The SMILES string of the molecule is CNC1CCN(C(=O)c2ccc(S(=O)(=O)NCC(C)C)cc2)CC1. The van der Waals surface area contributed by atoms with Crippen LogP contribution in [0, 0.1) is 5.92 Å². The molecule has 1 heterocycles. The van der Waals surface area contributed by atoms with E-state index in [0.717, 1.165) is 25.9 Å². The van der Waals surface area contributed by atoms with Crippen molar-refractivity contribution in [2.24, 2.45) is 5.92 Å². The van der Waals surface area contributed by atoms with Crippen LogP contribution >= 0.6 is 0 Å². The van der Waals surface area contributed by atoms with Crippen LogP contribution in [0.3, 0.4) is 0 Å². The molecule has 134 valence electrons. The number of rotatable bonds is 6. The zero-order chi connectivity index (χ0) is 17.7. The molecule has 6 nitrogen and oxygen atoms in total. The van der Waals surface area contributed by atoms with Crippen molar-refractivity contribution in [3.8, 4) is 0 Å². The van der Waals surface area contributed by atoms with E-state index < -0.39 is 10.0 Å². The predicted molar refractivity (Wildman–Crippen MR) is 94.5 cm³/mol. The van der Waals surface area contributed by atoms with Gasteiger partial charge in [-0.15, -0.1) is 0 Å². The number of sulfonamides is 1. The molecule has 0 atom stereocenters. The highest BCUT2D eigenvalue weighted by molar-refractivity contribution is 7.89. The van der Waals surface area contributed by atoms with E-state index in [1.54, 1.807) is 12.1 Å². The average Bonchev–Trinajstić information content (AvgIpc) is 2.59. The van der Waals surface area contributed by atoms with E-state index in [-0.39, 0.29) is 16.7 Å². The molecule has 0 radical (unpaired) electrons. The average molecular weight is 353 g/mol. The Kier molecular flexibility index (Phi) is 6.37. The van der Waals surface area contributed by atoms with Crippen molar-refractivity contribution in [1.82, 2.24) is 14.9 Å². The van der Waals surface area contributed by atoms with Crippen molar-refractivity contribution in [1.29, 1.82) is 0 Å². The maximum atomic E-state index is 12.5. The molecular formula is C17H27N3O3S. The van der Waals surface area contributed by atoms with Gasteiger partial charge in [-0.1, -0.05) is 13.8 Å². The smallest absolute Gasteiger partial charge is 0.253 e. The van der Waals surface area contributed by atoms with E-state index in [1.807, 2.05) is 25.8 Å². The van der Waals surface area contributed by atoms with Gasteiger partial charge in [0, 0.05) is 31.2 Å². The topological polar surface area (TPSA) is 78.5 Å². The van der Waals surface area contributed by atoms with Gasteiger partial charge in [-0.2, -0.15) is 0 Å². The lowest BCUT2D eigenvalue weighted by Gasteiger charge is -2.31. The van der Waals surface area contributed by atoms with Gasteiger partial charge in [0.05, 0.1) is 4.90 Å². The fourth-order valence-electron chi connectivity index (χ4n) is 2.69. The normalized spacial score (nSPS) is 16.6. The van der Waals surface area contributed by atoms with Crippen molar-refractivity contribution in [3.05, 3.63) is 29.8 Å². The number of piperidine rings is 1. The Morgan fingerprint density at radius 1 is 1.21 bits per heavy atom. The second kappa shape index (κ2) is 8.09. The minimum atomic E-state index is -3.52. The van der Waals surface area contributed by atoms with E-state index >= 15 is 0 Å². The summed E-state index contributed by atoms with van der Waals surface area (Å²) < 4.78 is 26.9. The maximum absolute atomic E-state index is 12.5. The summed E-state index contributed by atoms with van der Waals surface area (Å²) in [5.41, 5.74) is 0.528. The molecular weight excluding hydrogens is 326 g/mol. The van der Waals surface area contributed by atoms with Gasteiger partial charge in [0.15, 0.2) is 0 Å². The number of carbonyl (C=O) groups is 1. The number of carbonyl (C=O) groups excluding carboxylic acids is 1. The Balaban J connectivity index is 2.02. The largest absolute Gasteiger partial charge is 0.339 e. The van der Waals surface area contributed by atoms with Crippen LogP contribution in [0.5, 0.6) is 0 Å². The fourth-order valence-corrected chi connectivity index (χ4v) is 3.90. The lowest BCUT2D eigenvalue weighted by Crippen LogP contribution is -2.43. The van der Waals surface area contributed by atoms with Gasteiger partial charge >= 0.3 is 0 Å². The first-order valence-electron chi connectivity index (χ1n) is 8.39. The lowest BCUT2D eigenvalue weighted by molar-refractivity contribution is 0.0707. The number of hydrogen-bond acceptors (Lipinski definition) is 4. The summed E-state index contributed by atoms with van der Waals surface area (Å²) in [4.78, 5) is 14.5. The Hall–Kier alpha value is -1.44. The minimum Gasteiger partial charge on any atom is -0.339 e. The molecule has 0 saturated carbocycles. The molecule has 1 aromatic carbocycles. The summed E-state index contributed by atoms with van der Waals surface area (Å²) >= 11 is 0. The molecule has 24 heavy (non-hydrogen) atoms. The molecule has 0 aliphatic carbocycles. The molecule has 0 unspecified atom stereocenters. The quantitative estimate of drug-likeness (QED) is 0.811. The van der Waals surface area contributed by atoms with Gasteiger partial charge in [0.2, 0.25) is 10.0 Å². The van der Waals surface area contributed by atoms with E-state index in [2.05, 4.69) is 10.0 Å². The van der Waals surface area contributed by atoms with Gasteiger partial charge in [0.25, 0.3) is 5.91 Å². The van der Waals surface area contributed by atoms with Crippen LogP contribution in [0.4, 0.5) is 0 Å². The standard InChI is InChI=1S/C17H27N3O3S/c1-13(2)12-19-24(22,23)16-6-4-14(5-7-16)17(21)20-10-8-15(18-3)9-11-20/h4-7,13,15,18-19H,8-12H2,1-3H3. The molecule has 1 fully saturated rings. The second-order valence-electron chi connectivity index (χ2n) is 6.63. The van der Waals surface area contributed by atoms with Crippen LogP contribution in [-0.4, -0.2) is 51.9 Å². The molecule has 2 N–H and O–H groups in total. The zero-order valence-corrected chi connectivity index (χ0v) is 15.4. The van der Waals surface area contributed by atoms with Crippen LogP contribution in [0.2, 0.25) is 0 Å². The van der Waals surface area contributed by atoms with Gasteiger partial charge in [-0.05, 0) is 50.1 Å². The Labute approximate surface area is 144 Å². The van der Waals surface area contributed by atoms with Gasteiger partial charge in [-0.25, -0.2) is 13.1 Å². The second-order valence-corrected chi connectivity index (χ2v) is 8.39. The number of benzene rings is 1. The van der Waals surface area contributed by atoms with E-state index in [1.165, 1.54) is 12.1 Å². The monoisotopic (exact) mass is 353 g/mol. The predicted octanol–water partition coefficient (Wildman–Crippen LogP) is 1.44. The molecule has 1 aliphatic heterocycles. The number of amides is 1. The number of nitrogens with one attached hydrogen (secondary N) is 2. The number of nitrogens with zero attached hydrogens (tertiary/aromatic N) is 1. The molecule has 1 amide bonds. The van der Waals surface area contributed by atoms with E-state index in [9.17, 15) is 13.2 Å². The minimum absolute atomic E-state index is 0.0383. The molecule has 7 heteroatoms. The van der Waals surface area contributed by atoms with E-state index in [4.69, 9.17) is 0 Å². The van der Waals surface area contributed by atoms with E-state index in [0.29, 0.717) is 18.2 Å². The van der Waals surface area contributed by atoms with Crippen LogP contribution in [0.1, 0.15) is 37.0 Å². The van der Waals surface area contributed by atoms with Gasteiger partial charge in [-0.3, -0.25) is 4.79 Å². The van der Waals surface area contributed by atoms with Crippen molar-refractivity contribution in [2.45, 2.75) is 37.6 Å². The fraction of sp³-hybridized carbons (Fsp3) is 0.588. The molecule has 1 saturated heterocycles. The van der Waals surface area contributed by atoms with Crippen LogP contribution in [-0.2, 0) is 10.0 Å². The number of likely N-dealkylation sites (tertiary alicyclic amines) is 1. The summed E-state index contributed by atoms with van der Waals surface area (Å²) in [5, 5.41) is 3.24. The van der Waals surface area contributed by atoms with Crippen molar-refractivity contribution in [2.75, 3.05) is 26.7 Å². The van der Waals surface area contributed by atoms with Crippen molar-refractivity contribution >= 4 is 15.9 Å². The summed E-state index contributed by atoms with van der Waals surface area (Å²) in [6.07, 6.45) is 1.88. The molecule has 1 aromatic rings. The Morgan fingerprint density at radius 3 is 2.29 bits per heavy atom. The third-order valence-corrected chi connectivity index (χ3v) is 5.72. The highest BCUT2D eigenvalue weighted by Crippen LogP contribution is 2.16. The number of hydrogen-bond donors (Lipinski definition) is 2. The summed E-state index contributed by atoms with van der Waals surface area (Å²) in [6.45, 7) is 5.73. The zero-order valence-electron chi connectivity index (χ0n) is 14.6. The molecule has 1 aliphatic rings. The Morgan fingerprint density at radius 2 is 1.79 bits per heavy atom. The van der Waals surface area contributed by atoms with Crippen LogP contribution < -0.4 is 10.0 Å². The third-order valence-electron chi connectivity index (χ3n) is 4.28. The van der Waals surface area contributed by atoms with Crippen molar-refractivity contribution in [3.63, 3.8) is 0 Å². The third kappa shape index (κ3) is 4.78. The highest BCUT2D eigenvalue weighted by Gasteiger charge is 2.23. The van der Waals surface area contributed by atoms with Gasteiger partial charge < -0.3 is 10.2 Å². The first kappa shape index (κ1) is 18.9. The first-order valence-corrected chi connectivity index (χ1v) is 9.88. The molecule has 0 bridgehead atoms. The van der Waals surface area contributed by atoms with Crippen molar-refractivity contribution < 1.29 is 13.2 Å². The Bertz CT molecular complexity index is 648. The van der Waals surface area contributed by atoms with Crippen LogP contribution in [0.15, 0.2) is 29.2 Å². The van der Waals surface area contributed by atoms with Gasteiger partial charge in [0.1, 0.15) is 0 Å². The lowest BCUT2D eigenvalue weighted by atomic mass is 10.0. The summed E-state index contributed by atoms with van der Waals surface area (Å²) in [7, 11) is -1.58. The summed E-state index contributed by atoms with van der Waals surface area (Å²) in [5.74, 6) is 0.199. The molecule has 0 spiro atoms. The first-order chi connectivity index (χ1) is 11.3. The van der Waals surface area contributed by atoms with Crippen LogP contribution in [0.25, 0.3) is 0 Å². The maximum Gasteiger partial charge on any atom is 0.253 e. The highest BCUT2D eigenvalue weighted by atomic mass is 32.2. The summed E-state index contributed by atoms with van der Waals surface area (Å²) in [6, 6.07) is 6.65.